The zero-order valence-electron chi connectivity index (χ0n) is 20.0. The topological polar surface area (TPSA) is 91.8 Å². The number of hydrogen-bond acceptors (Lipinski definition) is 8. The fourth-order valence-corrected chi connectivity index (χ4v) is 2.96. The van der Waals surface area contributed by atoms with Crippen LogP contribution in [-0.4, -0.2) is 47.7 Å². The Morgan fingerprint density at radius 2 is 1.69 bits per heavy atom. The van der Waals surface area contributed by atoms with Gasteiger partial charge in [0.15, 0.2) is 0 Å². The van der Waals surface area contributed by atoms with Crippen LogP contribution in [0.1, 0.15) is 20.8 Å². The summed E-state index contributed by atoms with van der Waals surface area (Å²) in [6, 6.07) is 14.2. The number of esters is 1. The Kier molecular flexibility index (Phi) is 8.70. The van der Waals surface area contributed by atoms with E-state index in [0.29, 0.717) is 22.9 Å². The number of rotatable bonds is 10. The lowest BCUT2D eigenvalue weighted by Crippen LogP contribution is -2.27. The number of aromatic nitrogens is 2. The molecule has 1 N–H and O–H groups in total. The predicted molar refractivity (Wildman–Crippen MR) is 126 cm³/mol. The van der Waals surface area contributed by atoms with E-state index >= 15 is 0 Å². The molecule has 1 heterocycles. The normalized spacial score (nSPS) is 11.6. The fraction of sp³-hybridized carbons (Fsp3) is 0.320. The summed E-state index contributed by atoms with van der Waals surface area (Å²) >= 11 is 0. The first-order valence-corrected chi connectivity index (χ1v) is 10.9. The molecule has 0 aliphatic carbocycles. The van der Waals surface area contributed by atoms with Crippen LogP contribution in [0.25, 0.3) is 11.3 Å². The molecule has 11 heteroatoms. The third-order valence-corrected chi connectivity index (χ3v) is 4.29. The molecule has 0 unspecified atom stereocenters. The van der Waals surface area contributed by atoms with E-state index in [9.17, 15) is 18.0 Å². The van der Waals surface area contributed by atoms with E-state index in [1.54, 1.807) is 45.0 Å². The Bertz CT molecular complexity index is 1150. The second kappa shape index (κ2) is 11.7. The number of nitrogens with one attached hydrogen (secondary N) is 1. The van der Waals surface area contributed by atoms with Crippen LogP contribution in [0.4, 0.5) is 24.7 Å². The maximum absolute atomic E-state index is 12.3. The molecule has 0 bridgehead atoms. The summed E-state index contributed by atoms with van der Waals surface area (Å²) in [7, 11) is 0. The van der Waals surface area contributed by atoms with Crippen LogP contribution in [0.3, 0.4) is 0 Å². The van der Waals surface area contributed by atoms with Crippen LogP contribution >= 0.6 is 0 Å². The zero-order valence-corrected chi connectivity index (χ0v) is 20.0. The molecular formula is C25H26F3N3O5. The molecule has 2 aromatic carbocycles. The van der Waals surface area contributed by atoms with Crippen LogP contribution in [0.2, 0.25) is 0 Å². The van der Waals surface area contributed by atoms with Gasteiger partial charge in [-0.15, -0.1) is 13.2 Å². The van der Waals surface area contributed by atoms with E-state index in [1.165, 1.54) is 30.6 Å². The van der Waals surface area contributed by atoms with Crippen LogP contribution in [0.15, 0.2) is 60.9 Å². The van der Waals surface area contributed by atoms with Crippen molar-refractivity contribution < 1.29 is 36.9 Å². The molecule has 36 heavy (non-hydrogen) atoms. The molecule has 0 aliphatic heterocycles. The molecule has 0 radical (unpaired) electrons. The highest BCUT2D eigenvalue weighted by atomic mass is 19.4. The number of anilines is 2. The first-order valence-electron chi connectivity index (χ1n) is 10.9. The molecule has 8 nitrogen and oxygen atoms in total. The SMILES string of the molecule is CC(C)(C)OC(=O)COCCOc1cccc(-c2cc(Nc3ccc(OC(F)(F)F)cc3)ncn2)c1. The van der Waals surface area contributed by atoms with Gasteiger partial charge in [0.1, 0.15) is 42.5 Å². The Morgan fingerprint density at radius 1 is 0.944 bits per heavy atom. The Morgan fingerprint density at radius 3 is 2.39 bits per heavy atom. The molecule has 0 saturated heterocycles. The van der Waals surface area contributed by atoms with Gasteiger partial charge in [-0.3, -0.25) is 0 Å². The molecule has 0 atom stereocenters. The minimum absolute atomic E-state index is 0.157. The second-order valence-electron chi connectivity index (χ2n) is 8.50. The standard InChI is InChI=1S/C25H26F3N3O5/c1-24(2,3)36-23(32)15-33-11-12-34-20-6-4-5-17(13-20)21-14-22(30-16-29-21)31-18-7-9-19(10-8-18)35-25(26,27)28/h4-10,13-14,16H,11-12,15H2,1-3H3,(H,29,30,31). The van der Waals surface area contributed by atoms with Crippen molar-refractivity contribution in [1.82, 2.24) is 9.97 Å². The van der Waals surface area contributed by atoms with Gasteiger partial charge in [-0.2, -0.15) is 0 Å². The molecular weight excluding hydrogens is 479 g/mol. The van der Waals surface area contributed by atoms with Crippen molar-refractivity contribution in [2.45, 2.75) is 32.7 Å². The van der Waals surface area contributed by atoms with E-state index in [4.69, 9.17) is 14.2 Å². The minimum Gasteiger partial charge on any atom is -0.491 e. The largest absolute Gasteiger partial charge is 0.573 e. The van der Waals surface area contributed by atoms with Gasteiger partial charge in [-0.25, -0.2) is 14.8 Å². The molecule has 1 aromatic heterocycles. The van der Waals surface area contributed by atoms with Gasteiger partial charge in [-0.1, -0.05) is 12.1 Å². The van der Waals surface area contributed by atoms with Crippen molar-refractivity contribution >= 4 is 17.5 Å². The van der Waals surface area contributed by atoms with Gasteiger partial charge >= 0.3 is 12.3 Å². The molecule has 192 valence electrons. The number of halogens is 3. The highest BCUT2D eigenvalue weighted by molar-refractivity contribution is 5.71. The highest BCUT2D eigenvalue weighted by Crippen LogP contribution is 2.27. The second-order valence-corrected chi connectivity index (χ2v) is 8.50. The third kappa shape index (κ3) is 9.41. The van der Waals surface area contributed by atoms with E-state index in [-0.39, 0.29) is 25.6 Å². The van der Waals surface area contributed by atoms with E-state index in [0.717, 1.165) is 5.56 Å². The Balaban J connectivity index is 1.54. The lowest BCUT2D eigenvalue weighted by atomic mass is 10.1. The van der Waals surface area contributed by atoms with E-state index in [1.807, 2.05) is 6.07 Å². The number of benzene rings is 2. The smallest absolute Gasteiger partial charge is 0.491 e. The molecule has 0 aliphatic rings. The Labute approximate surface area is 206 Å². The van der Waals surface area contributed by atoms with Crippen molar-refractivity contribution in [2.24, 2.45) is 0 Å². The van der Waals surface area contributed by atoms with Crippen LogP contribution in [-0.2, 0) is 14.3 Å². The van der Waals surface area contributed by atoms with Crippen molar-refractivity contribution in [3.63, 3.8) is 0 Å². The maximum Gasteiger partial charge on any atom is 0.573 e. The summed E-state index contributed by atoms with van der Waals surface area (Å²) < 4.78 is 57.0. The van der Waals surface area contributed by atoms with Gasteiger partial charge < -0.3 is 24.3 Å². The maximum atomic E-state index is 12.3. The molecule has 0 amide bonds. The monoisotopic (exact) mass is 505 g/mol. The number of carbonyl (C=O) groups is 1. The fourth-order valence-electron chi connectivity index (χ4n) is 2.96. The first kappa shape index (κ1) is 26.7. The average Bonchev–Trinajstić information content (AvgIpc) is 2.78. The number of hydrogen-bond donors (Lipinski definition) is 1. The Hall–Kier alpha value is -3.86. The molecule has 3 rings (SSSR count). The summed E-state index contributed by atoms with van der Waals surface area (Å²) in [6.45, 7) is 5.63. The molecule has 0 saturated carbocycles. The van der Waals surface area contributed by atoms with Crippen molar-refractivity contribution in [2.75, 3.05) is 25.1 Å². The van der Waals surface area contributed by atoms with Crippen molar-refractivity contribution in [3.05, 3.63) is 60.9 Å². The van der Waals surface area contributed by atoms with Gasteiger partial charge in [0.2, 0.25) is 0 Å². The van der Waals surface area contributed by atoms with Gasteiger partial charge in [0, 0.05) is 17.3 Å². The number of carbonyl (C=O) groups excluding carboxylic acids is 1. The zero-order chi connectivity index (χ0) is 26.2. The summed E-state index contributed by atoms with van der Waals surface area (Å²) in [6.07, 6.45) is -3.38. The van der Waals surface area contributed by atoms with Crippen LogP contribution < -0.4 is 14.8 Å². The van der Waals surface area contributed by atoms with Gasteiger partial charge in [0.25, 0.3) is 0 Å². The highest BCUT2D eigenvalue weighted by Gasteiger charge is 2.30. The molecule has 0 fully saturated rings. The van der Waals surface area contributed by atoms with Crippen molar-refractivity contribution in [1.29, 1.82) is 0 Å². The minimum atomic E-state index is -4.75. The van der Waals surface area contributed by atoms with Crippen LogP contribution in [0.5, 0.6) is 11.5 Å². The average molecular weight is 505 g/mol. The summed E-state index contributed by atoms with van der Waals surface area (Å²) in [5.74, 6) is 0.278. The van der Waals surface area contributed by atoms with Gasteiger partial charge in [-0.05, 0) is 57.2 Å². The predicted octanol–water partition coefficient (Wildman–Crippen LogP) is 5.52. The van der Waals surface area contributed by atoms with E-state index < -0.39 is 17.9 Å². The quantitative estimate of drug-likeness (QED) is 0.284. The third-order valence-electron chi connectivity index (χ3n) is 4.29. The lowest BCUT2D eigenvalue weighted by molar-refractivity contribution is -0.274. The number of ether oxygens (including phenoxy) is 4. The number of nitrogens with zero attached hydrogens (tertiary/aromatic N) is 2. The summed E-state index contributed by atoms with van der Waals surface area (Å²) in [5.41, 5.74) is 1.33. The lowest BCUT2D eigenvalue weighted by Gasteiger charge is -2.19. The number of alkyl halides is 3. The molecule has 3 aromatic rings. The first-order chi connectivity index (χ1) is 17.0. The van der Waals surface area contributed by atoms with Crippen LogP contribution in [0, 0.1) is 0 Å². The summed E-state index contributed by atoms with van der Waals surface area (Å²) in [4.78, 5) is 20.1. The van der Waals surface area contributed by atoms with Crippen molar-refractivity contribution in [3.8, 4) is 22.8 Å². The molecule has 0 spiro atoms. The van der Waals surface area contributed by atoms with Gasteiger partial charge in [0.05, 0.1) is 12.3 Å². The summed E-state index contributed by atoms with van der Waals surface area (Å²) in [5, 5.41) is 3.02. The van der Waals surface area contributed by atoms with E-state index in [2.05, 4.69) is 20.0 Å².